The summed E-state index contributed by atoms with van der Waals surface area (Å²) in [7, 11) is 10.7. The molecule has 0 aromatic carbocycles. The van der Waals surface area contributed by atoms with Gasteiger partial charge in [-0.05, 0) is 61.7 Å². The predicted molar refractivity (Wildman–Crippen MR) is 71.8 cm³/mol. The smallest absolute Gasteiger partial charge is 0.0478 e. The first-order chi connectivity index (χ1) is 7.43. The van der Waals surface area contributed by atoms with Crippen LogP contribution in [0.1, 0.15) is 13.3 Å². The van der Waals surface area contributed by atoms with Gasteiger partial charge in [0.2, 0.25) is 0 Å². The molecule has 0 aliphatic heterocycles. The fraction of sp³-hybridized carbons (Fsp3) is 1.00. The molecule has 0 aromatic heterocycles. The van der Waals surface area contributed by atoms with Crippen molar-refractivity contribution in [3.05, 3.63) is 0 Å². The molecule has 0 amide bonds. The van der Waals surface area contributed by atoms with E-state index >= 15 is 0 Å². The minimum Gasteiger partial charge on any atom is -0.309 e. The van der Waals surface area contributed by atoms with Gasteiger partial charge in [-0.25, -0.2) is 0 Å². The van der Waals surface area contributed by atoms with E-state index < -0.39 is 0 Å². The van der Waals surface area contributed by atoms with E-state index in [-0.39, 0.29) is 0 Å². The van der Waals surface area contributed by atoms with Crippen molar-refractivity contribution in [1.29, 1.82) is 0 Å². The fourth-order valence-electron chi connectivity index (χ4n) is 1.47. The number of hydrogen-bond donors (Lipinski definition) is 1. The van der Waals surface area contributed by atoms with E-state index in [0.717, 1.165) is 26.3 Å². The van der Waals surface area contributed by atoms with E-state index in [4.69, 9.17) is 0 Å². The van der Waals surface area contributed by atoms with Gasteiger partial charge in [-0.15, -0.1) is 0 Å². The normalized spacial score (nSPS) is 14.1. The van der Waals surface area contributed by atoms with Crippen LogP contribution in [0.4, 0.5) is 0 Å². The van der Waals surface area contributed by atoms with E-state index in [1.807, 2.05) is 0 Å². The van der Waals surface area contributed by atoms with Gasteiger partial charge < -0.3 is 15.1 Å². The van der Waals surface area contributed by atoms with Crippen molar-refractivity contribution in [3.8, 4) is 0 Å². The van der Waals surface area contributed by atoms with Crippen molar-refractivity contribution in [2.75, 3.05) is 61.5 Å². The Morgan fingerprint density at radius 2 is 1.69 bits per heavy atom. The zero-order valence-electron chi connectivity index (χ0n) is 12.0. The first kappa shape index (κ1) is 15.8. The SMILES string of the molecule is CC(CN(C)CNCCCN(C)C)N(C)C. The molecule has 0 spiro atoms. The second kappa shape index (κ2) is 8.93. The Morgan fingerprint density at radius 1 is 1.06 bits per heavy atom. The maximum Gasteiger partial charge on any atom is 0.0478 e. The summed E-state index contributed by atoms with van der Waals surface area (Å²) in [5, 5.41) is 3.47. The molecule has 0 radical (unpaired) electrons. The Morgan fingerprint density at radius 3 is 2.19 bits per heavy atom. The van der Waals surface area contributed by atoms with Crippen molar-refractivity contribution in [2.45, 2.75) is 19.4 Å². The van der Waals surface area contributed by atoms with Crippen molar-refractivity contribution in [1.82, 2.24) is 20.0 Å². The highest BCUT2D eigenvalue weighted by molar-refractivity contribution is 4.64. The first-order valence-electron chi connectivity index (χ1n) is 6.14. The Labute approximate surface area is 102 Å². The number of nitrogens with one attached hydrogen (secondary N) is 1. The van der Waals surface area contributed by atoms with Crippen LogP contribution in [0.25, 0.3) is 0 Å². The second-order valence-corrected chi connectivity index (χ2v) is 5.17. The van der Waals surface area contributed by atoms with Gasteiger partial charge in [0, 0.05) is 19.3 Å². The van der Waals surface area contributed by atoms with Gasteiger partial charge in [-0.1, -0.05) is 0 Å². The number of nitrogens with zero attached hydrogens (tertiary/aromatic N) is 3. The van der Waals surface area contributed by atoms with E-state index in [1.165, 1.54) is 6.42 Å². The van der Waals surface area contributed by atoms with Crippen molar-refractivity contribution < 1.29 is 0 Å². The largest absolute Gasteiger partial charge is 0.309 e. The molecular weight excluding hydrogens is 200 g/mol. The van der Waals surface area contributed by atoms with Gasteiger partial charge in [0.1, 0.15) is 0 Å². The second-order valence-electron chi connectivity index (χ2n) is 5.17. The van der Waals surface area contributed by atoms with Gasteiger partial charge >= 0.3 is 0 Å². The van der Waals surface area contributed by atoms with Crippen molar-refractivity contribution in [2.24, 2.45) is 0 Å². The lowest BCUT2D eigenvalue weighted by Gasteiger charge is -2.26. The third kappa shape index (κ3) is 9.09. The molecule has 16 heavy (non-hydrogen) atoms. The molecule has 4 nitrogen and oxygen atoms in total. The molecule has 0 aliphatic carbocycles. The van der Waals surface area contributed by atoms with Crippen LogP contribution in [-0.2, 0) is 0 Å². The van der Waals surface area contributed by atoms with Gasteiger partial charge in [0.15, 0.2) is 0 Å². The average molecular weight is 230 g/mol. The van der Waals surface area contributed by atoms with Gasteiger partial charge in [0.25, 0.3) is 0 Å². The zero-order chi connectivity index (χ0) is 12.6. The molecule has 0 heterocycles. The predicted octanol–water partition coefficient (Wildman–Crippen LogP) is 0.367. The van der Waals surface area contributed by atoms with Crippen molar-refractivity contribution >= 4 is 0 Å². The highest BCUT2D eigenvalue weighted by Gasteiger charge is 2.07. The Balaban J connectivity index is 3.40. The summed E-state index contributed by atoms with van der Waals surface area (Å²) in [5.74, 6) is 0. The van der Waals surface area contributed by atoms with Crippen molar-refractivity contribution in [3.63, 3.8) is 0 Å². The van der Waals surface area contributed by atoms with E-state index in [0.29, 0.717) is 6.04 Å². The molecule has 0 saturated heterocycles. The maximum atomic E-state index is 3.47. The number of rotatable bonds is 9. The molecule has 0 aliphatic rings. The summed E-state index contributed by atoms with van der Waals surface area (Å²) in [6, 6.07) is 0.605. The number of hydrogen-bond acceptors (Lipinski definition) is 4. The zero-order valence-corrected chi connectivity index (χ0v) is 12.0. The number of likely N-dealkylation sites (N-methyl/N-ethyl adjacent to an activating group) is 2. The third-order valence-corrected chi connectivity index (χ3v) is 2.80. The molecule has 4 heteroatoms. The lowest BCUT2D eigenvalue weighted by atomic mass is 10.3. The summed E-state index contributed by atoms with van der Waals surface area (Å²) < 4.78 is 0. The first-order valence-corrected chi connectivity index (χ1v) is 6.14. The quantitative estimate of drug-likeness (QED) is 0.456. The summed E-state index contributed by atoms with van der Waals surface area (Å²) in [4.78, 5) is 6.81. The van der Waals surface area contributed by atoms with E-state index in [9.17, 15) is 0 Å². The monoisotopic (exact) mass is 230 g/mol. The highest BCUT2D eigenvalue weighted by atomic mass is 15.2. The van der Waals surface area contributed by atoms with Crippen LogP contribution >= 0.6 is 0 Å². The molecule has 0 fully saturated rings. The van der Waals surface area contributed by atoms with E-state index in [2.05, 4.69) is 62.2 Å². The van der Waals surface area contributed by atoms with Crippen LogP contribution in [0.3, 0.4) is 0 Å². The van der Waals surface area contributed by atoms with Crippen LogP contribution in [0, 0.1) is 0 Å². The summed E-state index contributed by atoms with van der Waals surface area (Å²) >= 11 is 0. The molecule has 1 N–H and O–H groups in total. The maximum absolute atomic E-state index is 3.47. The highest BCUT2D eigenvalue weighted by Crippen LogP contribution is 1.93. The van der Waals surface area contributed by atoms with Gasteiger partial charge in [-0.2, -0.15) is 0 Å². The molecule has 0 bridgehead atoms. The molecule has 0 aromatic rings. The van der Waals surface area contributed by atoms with Gasteiger partial charge in [-0.3, -0.25) is 4.90 Å². The van der Waals surface area contributed by atoms with Crippen LogP contribution < -0.4 is 5.32 Å². The third-order valence-electron chi connectivity index (χ3n) is 2.80. The standard InChI is InChI=1S/C12H30N4/c1-12(15(4)5)10-16(6)11-13-8-7-9-14(2)3/h12-13H,7-11H2,1-6H3. The van der Waals surface area contributed by atoms with Crippen LogP contribution in [0.15, 0.2) is 0 Å². The molecule has 1 atom stereocenters. The fourth-order valence-corrected chi connectivity index (χ4v) is 1.47. The summed E-state index contributed by atoms with van der Waals surface area (Å²) in [5.41, 5.74) is 0. The molecule has 0 rings (SSSR count). The van der Waals surface area contributed by atoms with E-state index in [1.54, 1.807) is 0 Å². The average Bonchev–Trinajstić information content (AvgIpc) is 2.16. The summed E-state index contributed by atoms with van der Waals surface area (Å²) in [6.45, 7) is 6.59. The molecule has 98 valence electrons. The van der Waals surface area contributed by atoms with Crippen LogP contribution in [-0.4, -0.2) is 82.3 Å². The lowest BCUT2D eigenvalue weighted by Crippen LogP contribution is -2.41. The molecular formula is C12H30N4. The minimum absolute atomic E-state index is 0.605. The van der Waals surface area contributed by atoms with Crippen LogP contribution in [0.5, 0.6) is 0 Å². The molecule has 1 unspecified atom stereocenters. The lowest BCUT2D eigenvalue weighted by molar-refractivity contribution is 0.210. The molecule has 0 saturated carbocycles. The Kier molecular flexibility index (Phi) is 8.84. The Hall–Kier alpha value is -0.160. The minimum atomic E-state index is 0.605. The summed E-state index contributed by atoms with van der Waals surface area (Å²) in [6.07, 6.45) is 1.21. The van der Waals surface area contributed by atoms with Gasteiger partial charge in [0.05, 0.1) is 0 Å². The Bertz CT molecular complexity index is 159. The topological polar surface area (TPSA) is 21.8 Å². The van der Waals surface area contributed by atoms with Crippen LogP contribution in [0.2, 0.25) is 0 Å².